The molecule has 0 spiro atoms. The molecule has 2 heterocycles. The minimum Gasteiger partial charge on any atom is -0.507 e. The second-order valence-corrected chi connectivity index (χ2v) is 8.78. The number of aromatic hydroxyl groups is 1. The number of phenols is 1. The first kappa shape index (κ1) is 22.9. The number of aromatic nitrogens is 2. The highest BCUT2D eigenvalue weighted by Crippen LogP contribution is 2.39. The summed E-state index contributed by atoms with van der Waals surface area (Å²) in [6, 6.07) is 9.65. The van der Waals surface area contributed by atoms with Crippen LogP contribution in [-0.4, -0.2) is 39.3 Å². The molecule has 1 aromatic heterocycles. The third-order valence-corrected chi connectivity index (χ3v) is 5.74. The molecular weight excluding hydrogens is 425 g/mol. The van der Waals surface area contributed by atoms with Crippen LogP contribution in [-0.2, 0) is 10.4 Å². The fraction of sp³-hybridized carbons (Fsp3) is 0.375. The number of aryl methyl sites for hydroxylation is 1. The molecule has 4 rings (SSSR count). The molecule has 0 bridgehead atoms. The predicted molar refractivity (Wildman–Crippen MR) is 122 cm³/mol. The topological polar surface area (TPSA) is 114 Å². The van der Waals surface area contributed by atoms with E-state index in [2.05, 4.69) is 15.3 Å². The maximum atomic E-state index is 14.7. The summed E-state index contributed by atoms with van der Waals surface area (Å²) in [5.41, 5.74) is 0.632. The maximum Gasteiger partial charge on any atom is 0.426 e. The van der Waals surface area contributed by atoms with Crippen molar-refractivity contribution in [3.05, 3.63) is 53.5 Å². The molecule has 1 atom stereocenters. The lowest BCUT2D eigenvalue weighted by atomic mass is 9.97. The van der Waals surface area contributed by atoms with Crippen LogP contribution >= 0.6 is 0 Å². The van der Waals surface area contributed by atoms with Crippen LogP contribution in [0.5, 0.6) is 5.75 Å². The van der Waals surface area contributed by atoms with Crippen molar-refractivity contribution in [2.24, 2.45) is 11.8 Å². The molecule has 0 radical (unpaired) electrons. The molecule has 1 amide bonds. The summed E-state index contributed by atoms with van der Waals surface area (Å²) in [6.07, 6.45) is 0.526. The van der Waals surface area contributed by atoms with Crippen molar-refractivity contribution < 1.29 is 19.0 Å². The zero-order valence-electron chi connectivity index (χ0n) is 18.9. The van der Waals surface area contributed by atoms with E-state index in [1.807, 2.05) is 39.0 Å². The third kappa shape index (κ3) is 4.21. The molecule has 1 aliphatic heterocycles. The first-order valence-corrected chi connectivity index (χ1v) is 11.0. The van der Waals surface area contributed by atoms with Crippen LogP contribution in [0.1, 0.15) is 37.9 Å². The van der Waals surface area contributed by atoms with Gasteiger partial charge in [-0.2, -0.15) is 0 Å². The Morgan fingerprint density at radius 1 is 1.33 bits per heavy atom. The zero-order valence-corrected chi connectivity index (χ0v) is 18.9. The third-order valence-electron chi connectivity index (χ3n) is 5.74. The number of nitrogens with one attached hydrogen (secondary N) is 1. The number of phenolic OH excluding ortho intramolecular Hbond substituents is 1. The van der Waals surface area contributed by atoms with Gasteiger partial charge in [-0.25, -0.2) is 30.0 Å². The standard InChI is InChI=1S/C24H28FN5O3/c1-14(2)13-33-23(32)30(26)24(10-5-11-27-24)21-16-9-8-15(3)12-18(16)28-22(29-21)20-17(25)6-4-7-19(20)31/h4,6-9,12,14,27,31H,5,10-11,13,26H2,1-3H3/t24-/m1/s1. The van der Waals surface area contributed by atoms with Crippen molar-refractivity contribution in [3.8, 4) is 17.1 Å². The van der Waals surface area contributed by atoms with Gasteiger partial charge in [-0.15, -0.1) is 0 Å². The Hall–Kier alpha value is -3.30. The van der Waals surface area contributed by atoms with Gasteiger partial charge in [0.05, 0.1) is 23.4 Å². The largest absolute Gasteiger partial charge is 0.507 e. The van der Waals surface area contributed by atoms with Crippen LogP contribution in [0.15, 0.2) is 36.4 Å². The molecule has 0 aliphatic carbocycles. The second-order valence-electron chi connectivity index (χ2n) is 8.78. The van der Waals surface area contributed by atoms with E-state index in [0.29, 0.717) is 29.6 Å². The van der Waals surface area contributed by atoms with Crippen molar-refractivity contribution in [2.75, 3.05) is 13.2 Å². The minimum atomic E-state index is -1.18. The Labute approximate surface area is 191 Å². The molecule has 9 heteroatoms. The van der Waals surface area contributed by atoms with Gasteiger partial charge in [-0.05, 0) is 56.0 Å². The lowest BCUT2D eigenvalue weighted by molar-refractivity contribution is 0.0313. The Morgan fingerprint density at radius 3 is 2.79 bits per heavy atom. The van der Waals surface area contributed by atoms with E-state index in [4.69, 9.17) is 10.6 Å². The molecule has 2 aromatic carbocycles. The van der Waals surface area contributed by atoms with Crippen molar-refractivity contribution in [3.63, 3.8) is 0 Å². The molecule has 3 aromatic rings. The van der Waals surface area contributed by atoms with Gasteiger partial charge >= 0.3 is 6.09 Å². The Kier molecular flexibility index (Phi) is 6.18. The number of carbonyl (C=O) groups is 1. The summed E-state index contributed by atoms with van der Waals surface area (Å²) >= 11 is 0. The summed E-state index contributed by atoms with van der Waals surface area (Å²) in [5.74, 6) is 5.59. The van der Waals surface area contributed by atoms with Gasteiger partial charge in [0.1, 0.15) is 11.6 Å². The van der Waals surface area contributed by atoms with E-state index >= 15 is 0 Å². The Bertz CT molecular complexity index is 1170. The number of nitrogens with zero attached hydrogens (tertiary/aromatic N) is 3. The predicted octanol–water partition coefficient (Wildman–Crippen LogP) is 3.95. The van der Waals surface area contributed by atoms with Crippen LogP contribution in [0.4, 0.5) is 9.18 Å². The van der Waals surface area contributed by atoms with E-state index in [-0.39, 0.29) is 29.7 Å². The van der Waals surface area contributed by atoms with Gasteiger partial charge in [-0.3, -0.25) is 5.32 Å². The molecular formula is C24H28FN5O3. The number of carbonyl (C=O) groups excluding carboxylic acids is 1. The monoisotopic (exact) mass is 453 g/mol. The summed E-state index contributed by atoms with van der Waals surface area (Å²) in [4.78, 5) is 22.1. The number of rotatable bonds is 5. The minimum absolute atomic E-state index is 0.00993. The van der Waals surface area contributed by atoms with Crippen molar-refractivity contribution in [2.45, 2.75) is 39.3 Å². The Morgan fingerprint density at radius 2 is 2.12 bits per heavy atom. The van der Waals surface area contributed by atoms with Gasteiger partial charge in [0, 0.05) is 5.39 Å². The number of benzene rings is 2. The fourth-order valence-corrected chi connectivity index (χ4v) is 4.11. The van der Waals surface area contributed by atoms with Crippen molar-refractivity contribution in [1.82, 2.24) is 20.3 Å². The molecule has 0 saturated carbocycles. The summed E-state index contributed by atoms with van der Waals surface area (Å²) in [6.45, 7) is 6.61. The van der Waals surface area contributed by atoms with E-state index < -0.39 is 17.6 Å². The Balaban J connectivity index is 1.93. The molecule has 33 heavy (non-hydrogen) atoms. The average Bonchev–Trinajstić information content (AvgIpc) is 3.27. The summed E-state index contributed by atoms with van der Waals surface area (Å²) in [7, 11) is 0. The van der Waals surface area contributed by atoms with Crippen LogP contribution < -0.4 is 11.2 Å². The molecule has 174 valence electrons. The molecule has 1 fully saturated rings. The number of halogens is 1. The number of fused-ring (bicyclic) bond motifs is 1. The van der Waals surface area contributed by atoms with Gasteiger partial charge in [-0.1, -0.05) is 32.0 Å². The lowest BCUT2D eigenvalue weighted by Crippen LogP contribution is -2.59. The van der Waals surface area contributed by atoms with E-state index in [9.17, 15) is 14.3 Å². The molecule has 0 unspecified atom stereocenters. The van der Waals surface area contributed by atoms with Crippen molar-refractivity contribution in [1.29, 1.82) is 0 Å². The van der Waals surface area contributed by atoms with Crippen LogP contribution in [0.25, 0.3) is 22.3 Å². The number of hydrazine groups is 1. The van der Waals surface area contributed by atoms with E-state index in [0.717, 1.165) is 17.0 Å². The highest BCUT2D eigenvalue weighted by molar-refractivity contribution is 5.85. The first-order valence-electron chi connectivity index (χ1n) is 11.0. The number of ether oxygens (including phenoxy) is 1. The smallest absolute Gasteiger partial charge is 0.426 e. The van der Waals surface area contributed by atoms with E-state index in [1.165, 1.54) is 18.2 Å². The zero-order chi connectivity index (χ0) is 23.8. The lowest BCUT2D eigenvalue weighted by Gasteiger charge is -2.37. The first-order chi connectivity index (χ1) is 15.7. The fourth-order valence-electron chi connectivity index (χ4n) is 4.11. The normalized spacial score (nSPS) is 18.1. The molecule has 8 nitrogen and oxygen atoms in total. The summed E-state index contributed by atoms with van der Waals surface area (Å²) < 4.78 is 20.1. The van der Waals surface area contributed by atoms with Crippen LogP contribution in [0.2, 0.25) is 0 Å². The maximum absolute atomic E-state index is 14.7. The van der Waals surface area contributed by atoms with Crippen LogP contribution in [0.3, 0.4) is 0 Å². The van der Waals surface area contributed by atoms with Gasteiger partial charge < -0.3 is 9.84 Å². The van der Waals surface area contributed by atoms with E-state index in [1.54, 1.807) is 0 Å². The highest BCUT2D eigenvalue weighted by Gasteiger charge is 2.46. The van der Waals surface area contributed by atoms with Gasteiger partial charge in [0.2, 0.25) is 0 Å². The number of hydrogen-bond donors (Lipinski definition) is 3. The second kappa shape index (κ2) is 8.92. The average molecular weight is 454 g/mol. The number of amides is 1. The van der Waals surface area contributed by atoms with Gasteiger partial charge in [0.25, 0.3) is 0 Å². The van der Waals surface area contributed by atoms with Gasteiger partial charge in [0.15, 0.2) is 11.5 Å². The summed E-state index contributed by atoms with van der Waals surface area (Å²) in [5, 5.41) is 15.4. The molecule has 1 saturated heterocycles. The van der Waals surface area contributed by atoms with Crippen LogP contribution in [0, 0.1) is 18.7 Å². The molecule has 4 N–H and O–H groups in total. The number of hydrogen-bond acceptors (Lipinski definition) is 7. The number of nitrogens with two attached hydrogens (primary N) is 1. The highest BCUT2D eigenvalue weighted by atomic mass is 19.1. The SMILES string of the molecule is Cc1ccc2c([C@]3(N(N)C(=O)OCC(C)C)CCCN3)nc(-c3c(O)cccc3F)nc2c1. The molecule has 1 aliphatic rings. The van der Waals surface area contributed by atoms with Crippen molar-refractivity contribution >= 4 is 17.0 Å². The quantitative estimate of drug-likeness (QED) is 0.304.